The molecule has 2 N–H and O–H groups in total. The van der Waals surface area contributed by atoms with Crippen LogP contribution in [-0.4, -0.2) is 55.6 Å². The summed E-state index contributed by atoms with van der Waals surface area (Å²) in [6, 6.07) is 7.24. The van der Waals surface area contributed by atoms with Crippen molar-refractivity contribution in [1.29, 1.82) is 0 Å². The third kappa shape index (κ3) is 2.97. The Balaban J connectivity index is 1.54. The number of benzene rings is 2. The van der Waals surface area contributed by atoms with Gasteiger partial charge in [-0.3, -0.25) is 0 Å². The van der Waals surface area contributed by atoms with E-state index < -0.39 is 0 Å². The van der Waals surface area contributed by atoms with Gasteiger partial charge in [-0.05, 0) is 23.8 Å². The lowest BCUT2D eigenvalue weighted by Gasteiger charge is -2.28. The predicted octanol–water partition coefficient (Wildman–Crippen LogP) is 2.54. The van der Waals surface area contributed by atoms with Crippen LogP contribution in [0.4, 0.5) is 0 Å². The van der Waals surface area contributed by atoms with E-state index in [0.717, 1.165) is 5.56 Å². The van der Waals surface area contributed by atoms with Crippen molar-refractivity contribution >= 4 is 5.71 Å². The number of hydrogen-bond acceptors (Lipinski definition) is 8. The molecule has 0 saturated heterocycles. The molecule has 0 saturated carbocycles. The first kappa shape index (κ1) is 19.6. The molecule has 0 aromatic heterocycles. The minimum Gasteiger partial charge on any atom is -0.507 e. The number of oxime groups is 1. The van der Waals surface area contributed by atoms with Gasteiger partial charge in [0.2, 0.25) is 0 Å². The van der Waals surface area contributed by atoms with Gasteiger partial charge in [-0.15, -0.1) is 0 Å². The Labute approximate surface area is 179 Å². The molecule has 3 atom stereocenters. The highest BCUT2D eigenvalue weighted by Gasteiger charge is 2.43. The standard InChI is InChI=1S/C23H23NO7/c1-11(9-25)16-7-14-15(30-16)5-4-12(23(14)26)22-21-13-6-18(27-2)19(28-3)8-17(13)29-10-20(21)31-24-22/h4-6,8,16,20-21,25-26H,1,7,9-10H2,2-3H3. The Bertz CT molecular complexity index is 1090. The van der Waals surface area contributed by atoms with E-state index in [1.165, 1.54) is 0 Å². The van der Waals surface area contributed by atoms with Gasteiger partial charge in [-0.1, -0.05) is 11.7 Å². The summed E-state index contributed by atoms with van der Waals surface area (Å²) in [5, 5.41) is 24.8. The second-order valence-electron chi connectivity index (χ2n) is 7.72. The maximum Gasteiger partial charge on any atom is 0.173 e. The number of aromatic hydroxyl groups is 1. The number of ether oxygens (including phenoxy) is 4. The van der Waals surface area contributed by atoms with E-state index in [2.05, 4.69) is 11.7 Å². The van der Waals surface area contributed by atoms with Crippen molar-refractivity contribution < 1.29 is 34.0 Å². The summed E-state index contributed by atoms with van der Waals surface area (Å²) in [6.07, 6.45) is -0.246. The molecular formula is C23H23NO7. The third-order valence-corrected chi connectivity index (χ3v) is 6.04. The third-order valence-electron chi connectivity index (χ3n) is 6.04. The molecule has 3 aliphatic heterocycles. The average molecular weight is 425 g/mol. The summed E-state index contributed by atoms with van der Waals surface area (Å²) >= 11 is 0. The van der Waals surface area contributed by atoms with Crippen LogP contribution in [0.2, 0.25) is 0 Å². The summed E-state index contributed by atoms with van der Waals surface area (Å²) < 4.78 is 22.6. The van der Waals surface area contributed by atoms with Gasteiger partial charge in [0.1, 0.15) is 35.7 Å². The molecule has 3 unspecified atom stereocenters. The highest BCUT2D eigenvalue weighted by Crippen LogP contribution is 2.48. The van der Waals surface area contributed by atoms with Crippen molar-refractivity contribution in [3.05, 3.63) is 53.1 Å². The molecule has 2 aromatic rings. The average Bonchev–Trinajstić information content (AvgIpc) is 3.43. The molecule has 162 valence electrons. The van der Waals surface area contributed by atoms with Crippen molar-refractivity contribution in [2.75, 3.05) is 27.4 Å². The van der Waals surface area contributed by atoms with Gasteiger partial charge in [-0.2, -0.15) is 0 Å². The number of fused-ring (bicyclic) bond motifs is 4. The minimum absolute atomic E-state index is 0.0993. The number of phenolic OH excluding ortho intramolecular Hbond substituents is 1. The van der Waals surface area contributed by atoms with Crippen LogP contribution in [0, 0.1) is 0 Å². The summed E-state index contributed by atoms with van der Waals surface area (Å²) in [4.78, 5) is 5.66. The first-order valence-corrected chi connectivity index (χ1v) is 9.98. The number of rotatable bonds is 5. The number of hydrogen-bond donors (Lipinski definition) is 2. The molecule has 0 bridgehead atoms. The van der Waals surface area contributed by atoms with Crippen LogP contribution >= 0.6 is 0 Å². The zero-order valence-corrected chi connectivity index (χ0v) is 17.3. The van der Waals surface area contributed by atoms with Gasteiger partial charge in [0, 0.05) is 29.2 Å². The van der Waals surface area contributed by atoms with Gasteiger partial charge < -0.3 is 34.0 Å². The molecule has 2 aromatic carbocycles. The SMILES string of the molecule is C=C(CO)C1Cc2c(ccc(C3=NOC4COc5cc(OC)c(OC)cc5C34)c2O)O1. The zero-order valence-electron chi connectivity index (χ0n) is 17.3. The smallest absolute Gasteiger partial charge is 0.173 e. The summed E-state index contributed by atoms with van der Waals surface area (Å²) in [5.74, 6) is 2.26. The van der Waals surface area contributed by atoms with E-state index in [9.17, 15) is 10.2 Å². The maximum atomic E-state index is 11.1. The first-order valence-electron chi connectivity index (χ1n) is 9.98. The van der Waals surface area contributed by atoms with Gasteiger partial charge in [0.15, 0.2) is 17.6 Å². The number of phenols is 1. The normalized spacial score (nSPS) is 22.8. The summed E-state index contributed by atoms with van der Waals surface area (Å²) in [5.41, 5.74) is 3.29. The van der Waals surface area contributed by atoms with E-state index in [4.69, 9.17) is 23.8 Å². The second-order valence-corrected chi connectivity index (χ2v) is 7.72. The van der Waals surface area contributed by atoms with Gasteiger partial charge in [0.05, 0.1) is 26.7 Å². The van der Waals surface area contributed by atoms with Crippen LogP contribution in [0.5, 0.6) is 28.7 Å². The van der Waals surface area contributed by atoms with Crippen LogP contribution < -0.4 is 18.9 Å². The van der Waals surface area contributed by atoms with Crippen molar-refractivity contribution in [3.8, 4) is 28.7 Å². The van der Waals surface area contributed by atoms with Crippen LogP contribution in [0.1, 0.15) is 22.6 Å². The molecular weight excluding hydrogens is 402 g/mol. The Hall–Kier alpha value is -3.39. The molecule has 8 heteroatoms. The monoisotopic (exact) mass is 425 g/mol. The molecule has 5 rings (SSSR count). The van der Waals surface area contributed by atoms with Gasteiger partial charge >= 0.3 is 0 Å². The molecule has 8 nitrogen and oxygen atoms in total. The zero-order chi connectivity index (χ0) is 21.7. The number of aliphatic hydroxyl groups excluding tert-OH is 1. The van der Waals surface area contributed by atoms with E-state index in [1.54, 1.807) is 32.4 Å². The second kappa shape index (κ2) is 7.39. The number of nitrogens with zero attached hydrogens (tertiary/aromatic N) is 1. The topological polar surface area (TPSA) is 99.0 Å². The fraction of sp³-hybridized carbons (Fsp3) is 0.348. The van der Waals surface area contributed by atoms with E-state index in [1.807, 2.05) is 6.07 Å². The van der Waals surface area contributed by atoms with E-state index in [-0.39, 0.29) is 30.5 Å². The molecule has 0 fully saturated rings. The van der Waals surface area contributed by atoms with Gasteiger partial charge in [0.25, 0.3) is 0 Å². The lowest BCUT2D eigenvalue weighted by Crippen LogP contribution is -2.32. The predicted molar refractivity (Wildman–Crippen MR) is 112 cm³/mol. The Morgan fingerprint density at radius 3 is 2.71 bits per heavy atom. The van der Waals surface area contributed by atoms with E-state index >= 15 is 0 Å². The largest absolute Gasteiger partial charge is 0.507 e. The Kier molecular flexibility index (Phi) is 4.66. The van der Waals surface area contributed by atoms with Crippen LogP contribution in [0.25, 0.3) is 0 Å². The quantitative estimate of drug-likeness (QED) is 0.711. The van der Waals surface area contributed by atoms with Crippen LogP contribution in [0.15, 0.2) is 41.6 Å². The highest BCUT2D eigenvalue weighted by atomic mass is 16.7. The first-order chi connectivity index (χ1) is 15.0. The Morgan fingerprint density at radius 1 is 1.19 bits per heavy atom. The molecule has 3 aliphatic rings. The summed E-state index contributed by atoms with van der Waals surface area (Å²) in [7, 11) is 3.15. The molecule has 0 radical (unpaired) electrons. The Morgan fingerprint density at radius 2 is 1.97 bits per heavy atom. The lowest BCUT2D eigenvalue weighted by molar-refractivity contribution is 0.0285. The van der Waals surface area contributed by atoms with Crippen molar-refractivity contribution in [3.63, 3.8) is 0 Å². The molecule has 0 amide bonds. The molecule has 31 heavy (non-hydrogen) atoms. The minimum atomic E-state index is -0.365. The van der Waals surface area contributed by atoms with Crippen molar-refractivity contribution in [2.45, 2.75) is 24.5 Å². The lowest BCUT2D eigenvalue weighted by atomic mass is 9.83. The van der Waals surface area contributed by atoms with E-state index in [0.29, 0.717) is 58.4 Å². The maximum absolute atomic E-state index is 11.1. The fourth-order valence-electron chi connectivity index (χ4n) is 4.37. The highest BCUT2D eigenvalue weighted by molar-refractivity contribution is 6.09. The van der Waals surface area contributed by atoms with Crippen LogP contribution in [-0.2, 0) is 11.3 Å². The van der Waals surface area contributed by atoms with Crippen molar-refractivity contribution in [2.24, 2.45) is 5.16 Å². The van der Waals surface area contributed by atoms with Gasteiger partial charge in [-0.25, -0.2) is 0 Å². The van der Waals surface area contributed by atoms with Crippen molar-refractivity contribution in [1.82, 2.24) is 0 Å². The van der Waals surface area contributed by atoms with Crippen LogP contribution in [0.3, 0.4) is 0 Å². The number of aliphatic hydroxyl groups is 1. The molecule has 3 heterocycles. The molecule has 0 spiro atoms. The molecule has 0 aliphatic carbocycles. The fourth-order valence-corrected chi connectivity index (χ4v) is 4.37. The summed E-state index contributed by atoms with van der Waals surface area (Å²) in [6.45, 7) is 4.00. The number of methoxy groups -OCH3 is 2.